The molecular weight excluding hydrogens is 198 g/mol. The van der Waals surface area contributed by atoms with Gasteiger partial charge in [0.15, 0.2) is 0 Å². The van der Waals surface area contributed by atoms with Gasteiger partial charge in [-0.2, -0.15) is 0 Å². The highest BCUT2D eigenvalue weighted by Crippen LogP contribution is 2.35. The summed E-state index contributed by atoms with van der Waals surface area (Å²) in [5.74, 6) is 1.78. The number of hydrogen-bond acceptors (Lipinski definition) is 2. The van der Waals surface area contributed by atoms with Gasteiger partial charge < -0.3 is 10.1 Å². The van der Waals surface area contributed by atoms with Crippen LogP contribution >= 0.6 is 0 Å². The van der Waals surface area contributed by atoms with Crippen molar-refractivity contribution in [3.63, 3.8) is 0 Å². The van der Waals surface area contributed by atoms with Crippen LogP contribution in [-0.2, 0) is 6.54 Å². The highest BCUT2D eigenvalue weighted by Gasteiger charge is 2.18. The topological polar surface area (TPSA) is 21.3 Å². The van der Waals surface area contributed by atoms with Crippen molar-refractivity contribution in [1.82, 2.24) is 5.32 Å². The third-order valence-corrected chi connectivity index (χ3v) is 3.50. The predicted octanol–water partition coefficient (Wildman–Crippen LogP) is 3.07. The van der Waals surface area contributed by atoms with Gasteiger partial charge >= 0.3 is 0 Å². The van der Waals surface area contributed by atoms with E-state index >= 15 is 0 Å². The van der Waals surface area contributed by atoms with Gasteiger partial charge in [0.05, 0.1) is 7.11 Å². The fourth-order valence-corrected chi connectivity index (χ4v) is 2.64. The van der Waals surface area contributed by atoms with Gasteiger partial charge in [-0.15, -0.1) is 0 Å². The lowest BCUT2D eigenvalue weighted by Crippen LogP contribution is -2.07. The zero-order chi connectivity index (χ0) is 11.4. The molecule has 0 heterocycles. The van der Waals surface area contributed by atoms with Crippen molar-refractivity contribution in [2.45, 2.75) is 38.1 Å². The highest BCUT2D eigenvalue weighted by atomic mass is 16.5. The Morgan fingerprint density at radius 1 is 1.31 bits per heavy atom. The second-order valence-electron chi connectivity index (χ2n) is 4.58. The standard InChI is InChI=1S/C14H21NO/c1-15-10-13-9-12(7-8-14(13)16-2)11-5-3-4-6-11/h7-9,11,15H,3-6,10H2,1-2H3. The molecule has 0 amide bonds. The Morgan fingerprint density at radius 3 is 2.69 bits per heavy atom. The Balaban J connectivity index is 2.23. The van der Waals surface area contributed by atoms with Crippen LogP contribution in [0.1, 0.15) is 42.7 Å². The molecule has 2 nitrogen and oxygen atoms in total. The zero-order valence-corrected chi connectivity index (χ0v) is 10.3. The predicted molar refractivity (Wildman–Crippen MR) is 67.0 cm³/mol. The molecule has 88 valence electrons. The molecule has 16 heavy (non-hydrogen) atoms. The molecule has 0 bridgehead atoms. The highest BCUT2D eigenvalue weighted by molar-refractivity contribution is 5.38. The molecule has 1 saturated carbocycles. The fraction of sp³-hybridized carbons (Fsp3) is 0.571. The molecule has 1 aromatic carbocycles. The lowest BCUT2D eigenvalue weighted by atomic mass is 9.95. The Hall–Kier alpha value is -1.02. The van der Waals surface area contributed by atoms with Crippen molar-refractivity contribution in [3.8, 4) is 5.75 Å². The molecule has 1 aliphatic carbocycles. The smallest absolute Gasteiger partial charge is 0.123 e. The van der Waals surface area contributed by atoms with Crippen molar-refractivity contribution in [1.29, 1.82) is 0 Å². The van der Waals surface area contributed by atoms with Gasteiger partial charge in [-0.1, -0.05) is 25.0 Å². The van der Waals surface area contributed by atoms with Crippen molar-refractivity contribution < 1.29 is 4.74 Å². The minimum atomic E-state index is 0.779. The quantitative estimate of drug-likeness (QED) is 0.840. The first-order valence-corrected chi connectivity index (χ1v) is 6.16. The summed E-state index contributed by atoms with van der Waals surface area (Å²) < 4.78 is 5.38. The Morgan fingerprint density at radius 2 is 2.06 bits per heavy atom. The molecule has 2 heteroatoms. The van der Waals surface area contributed by atoms with Crippen LogP contribution in [0.25, 0.3) is 0 Å². The van der Waals surface area contributed by atoms with Gasteiger partial charge in [-0.3, -0.25) is 0 Å². The maximum absolute atomic E-state index is 5.38. The van der Waals surface area contributed by atoms with E-state index in [1.54, 1.807) is 7.11 Å². The largest absolute Gasteiger partial charge is 0.496 e. The van der Waals surface area contributed by atoms with Gasteiger partial charge in [0.25, 0.3) is 0 Å². The van der Waals surface area contributed by atoms with Crippen LogP contribution in [0.3, 0.4) is 0 Å². The molecule has 1 fully saturated rings. The number of nitrogens with one attached hydrogen (secondary N) is 1. The van der Waals surface area contributed by atoms with Crippen molar-refractivity contribution >= 4 is 0 Å². The average Bonchev–Trinajstić information content (AvgIpc) is 2.83. The van der Waals surface area contributed by atoms with Gasteiger partial charge in [0, 0.05) is 12.1 Å². The Labute approximate surface area is 98.0 Å². The summed E-state index contributed by atoms with van der Waals surface area (Å²) in [4.78, 5) is 0. The second-order valence-corrected chi connectivity index (χ2v) is 4.58. The molecule has 0 unspecified atom stereocenters. The van der Waals surface area contributed by atoms with Crippen LogP contribution in [0.5, 0.6) is 5.75 Å². The lowest BCUT2D eigenvalue weighted by Gasteiger charge is -2.14. The number of ether oxygens (including phenoxy) is 1. The van der Waals surface area contributed by atoms with Crippen molar-refractivity contribution in [2.24, 2.45) is 0 Å². The molecule has 0 spiro atoms. The summed E-state index contributed by atoms with van der Waals surface area (Å²) in [6, 6.07) is 6.65. The molecule has 0 aliphatic heterocycles. The molecule has 1 aromatic rings. The van der Waals surface area contributed by atoms with E-state index in [4.69, 9.17) is 4.74 Å². The van der Waals surface area contributed by atoms with Crippen LogP contribution < -0.4 is 10.1 Å². The Bertz CT molecular complexity index is 343. The van der Waals surface area contributed by atoms with E-state index in [9.17, 15) is 0 Å². The van der Waals surface area contributed by atoms with Crippen LogP contribution in [-0.4, -0.2) is 14.2 Å². The van der Waals surface area contributed by atoms with Crippen LogP contribution in [0, 0.1) is 0 Å². The van der Waals surface area contributed by atoms with E-state index in [0.717, 1.165) is 18.2 Å². The molecule has 1 N–H and O–H groups in total. The average molecular weight is 219 g/mol. The monoisotopic (exact) mass is 219 g/mol. The summed E-state index contributed by atoms with van der Waals surface area (Å²) >= 11 is 0. The van der Waals surface area contributed by atoms with Crippen LogP contribution in [0.2, 0.25) is 0 Å². The maximum Gasteiger partial charge on any atom is 0.123 e. The number of methoxy groups -OCH3 is 1. The zero-order valence-electron chi connectivity index (χ0n) is 10.3. The van der Waals surface area contributed by atoms with E-state index in [1.807, 2.05) is 7.05 Å². The third kappa shape index (κ3) is 2.38. The van der Waals surface area contributed by atoms with Gasteiger partial charge in [-0.25, -0.2) is 0 Å². The Kier molecular flexibility index (Phi) is 3.83. The normalized spacial score (nSPS) is 16.6. The van der Waals surface area contributed by atoms with E-state index in [0.29, 0.717) is 0 Å². The summed E-state index contributed by atoms with van der Waals surface area (Å²) in [5.41, 5.74) is 2.76. The summed E-state index contributed by atoms with van der Waals surface area (Å²) in [6.07, 6.45) is 5.48. The summed E-state index contributed by atoms with van der Waals surface area (Å²) in [7, 11) is 3.71. The van der Waals surface area contributed by atoms with Crippen molar-refractivity contribution in [2.75, 3.05) is 14.2 Å². The summed E-state index contributed by atoms with van der Waals surface area (Å²) in [6.45, 7) is 0.879. The van der Waals surface area contributed by atoms with Gasteiger partial charge in [0.1, 0.15) is 5.75 Å². The molecule has 0 saturated heterocycles. The van der Waals surface area contributed by atoms with Crippen LogP contribution in [0.15, 0.2) is 18.2 Å². The molecular formula is C14H21NO. The minimum absolute atomic E-state index is 0.779. The maximum atomic E-state index is 5.38. The third-order valence-electron chi connectivity index (χ3n) is 3.50. The van der Waals surface area contributed by atoms with E-state index < -0.39 is 0 Å². The molecule has 0 atom stereocenters. The molecule has 2 rings (SSSR count). The minimum Gasteiger partial charge on any atom is -0.496 e. The van der Waals surface area contributed by atoms with E-state index in [2.05, 4.69) is 23.5 Å². The van der Waals surface area contributed by atoms with Gasteiger partial charge in [0.2, 0.25) is 0 Å². The first-order valence-electron chi connectivity index (χ1n) is 6.16. The molecule has 0 radical (unpaired) electrons. The second kappa shape index (κ2) is 5.35. The number of benzene rings is 1. The van der Waals surface area contributed by atoms with Crippen LogP contribution in [0.4, 0.5) is 0 Å². The first-order chi connectivity index (χ1) is 7.85. The number of rotatable bonds is 4. The summed E-state index contributed by atoms with van der Waals surface area (Å²) in [5, 5.41) is 3.20. The SMILES string of the molecule is CNCc1cc(C2CCCC2)ccc1OC. The molecule has 1 aliphatic rings. The molecule has 0 aromatic heterocycles. The number of hydrogen-bond donors (Lipinski definition) is 1. The van der Waals surface area contributed by atoms with Gasteiger partial charge in [-0.05, 0) is 37.4 Å². The lowest BCUT2D eigenvalue weighted by molar-refractivity contribution is 0.408. The van der Waals surface area contributed by atoms with Crippen molar-refractivity contribution in [3.05, 3.63) is 29.3 Å². The van der Waals surface area contributed by atoms with E-state index in [-0.39, 0.29) is 0 Å². The first kappa shape index (κ1) is 11.5. The fourth-order valence-electron chi connectivity index (χ4n) is 2.64. The van der Waals surface area contributed by atoms with E-state index in [1.165, 1.54) is 36.8 Å².